The minimum Gasteiger partial charge on any atom is -0.492 e. The smallest absolute Gasteiger partial charge is 0.142 e. The molecule has 4 heteroatoms. The van der Waals surface area contributed by atoms with Gasteiger partial charge in [-0.05, 0) is 37.3 Å². The minimum absolute atomic E-state index is 0.628. The Labute approximate surface area is 123 Å². The zero-order valence-corrected chi connectivity index (χ0v) is 11.8. The Morgan fingerprint density at radius 1 is 1.05 bits per heavy atom. The normalized spacial score (nSPS) is 10.5. The van der Waals surface area contributed by atoms with E-state index in [0.29, 0.717) is 6.61 Å². The summed E-state index contributed by atoms with van der Waals surface area (Å²) in [6.45, 7) is 2.60. The summed E-state index contributed by atoms with van der Waals surface area (Å²) in [5.41, 5.74) is 8.65. The van der Waals surface area contributed by atoms with E-state index in [0.717, 1.165) is 33.6 Å². The molecule has 0 spiro atoms. The number of nitrogens with two attached hydrogens (primary N) is 1. The van der Waals surface area contributed by atoms with Crippen molar-refractivity contribution in [1.82, 2.24) is 4.98 Å². The van der Waals surface area contributed by atoms with Crippen molar-refractivity contribution < 1.29 is 4.74 Å². The Hall–Kier alpha value is -2.75. The number of nitrogen functional groups attached to an aromatic ring is 1. The maximum atomic E-state index is 6.02. The van der Waals surface area contributed by atoms with Crippen molar-refractivity contribution >= 4 is 27.8 Å². The quantitative estimate of drug-likeness (QED) is 0.710. The molecule has 3 rings (SSSR count). The fourth-order valence-electron chi connectivity index (χ4n) is 2.32. The van der Waals surface area contributed by atoms with E-state index < -0.39 is 0 Å². The zero-order chi connectivity index (χ0) is 14.7. The van der Waals surface area contributed by atoms with E-state index in [9.17, 15) is 0 Å². The van der Waals surface area contributed by atoms with E-state index in [-0.39, 0.29) is 0 Å². The van der Waals surface area contributed by atoms with Gasteiger partial charge in [-0.1, -0.05) is 12.1 Å². The number of anilines is 3. The summed E-state index contributed by atoms with van der Waals surface area (Å²) < 4.78 is 5.64. The summed E-state index contributed by atoms with van der Waals surface area (Å²) in [7, 11) is 0. The molecular formula is C17H17N3O. The van der Waals surface area contributed by atoms with Crippen LogP contribution in [0.4, 0.5) is 17.1 Å². The second-order valence-electron chi connectivity index (χ2n) is 4.68. The van der Waals surface area contributed by atoms with E-state index in [4.69, 9.17) is 10.5 Å². The van der Waals surface area contributed by atoms with Crippen molar-refractivity contribution in [3.8, 4) is 5.75 Å². The summed E-state index contributed by atoms with van der Waals surface area (Å²) in [5, 5.41) is 5.39. The van der Waals surface area contributed by atoms with E-state index in [1.807, 2.05) is 55.6 Å². The van der Waals surface area contributed by atoms with Crippen LogP contribution < -0.4 is 15.8 Å². The van der Waals surface area contributed by atoms with Gasteiger partial charge >= 0.3 is 0 Å². The summed E-state index contributed by atoms with van der Waals surface area (Å²) in [6, 6.07) is 13.6. The Bertz CT molecular complexity index is 771. The molecule has 0 saturated carbocycles. The molecule has 0 saturated heterocycles. The van der Waals surface area contributed by atoms with E-state index in [1.54, 1.807) is 6.20 Å². The Morgan fingerprint density at radius 2 is 1.90 bits per heavy atom. The van der Waals surface area contributed by atoms with Crippen LogP contribution >= 0.6 is 0 Å². The zero-order valence-electron chi connectivity index (χ0n) is 11.8. The lowest BCUT2D eigenvalue weighted by Gasteiger charge is -2.14. The molecule has 3 N–H and O–H groups in total. The van der Waals surface area contributed by atoms with Gasteiger partial charge in [0.25, 0.3) is 0 Å². The highest BCUT2D eigenvalue weighted by molar-refractivity contribution is 6.01. The molecule has 1 aromatic heterocycles. The van der Waals surface area contributed by atoms with Crippen LogP contribution in [0.5, 0.6) is 5.75 Å². The number of nitrogens with one attached hydrogen (secondary N) is 1. The van der Waals surface area contributed by atoms with Gasteiger partial charge in [-0.3, -0.25) is 4.98 Å². The van der Waals surface area contributed by atoms with Gasteiger partial charge in [0.2, 0.25) is 0 Å². The highest BCUT2D eigenvalue weighted by Gasteiger charge is 2.07. The largest absolute Gasteiger partial charge is 0.492 e. The first kappa shape index (κ1) is 13.2. The third kappa shape index (κ3) is 2.60. The number of fused-ring (bicyclic) bond motifs is 1. The molecule has 0 atom stereocenters. The van der Waals surface area contributed by atoms with Crippen LogP contribution in [0, 0.1) is 0 Å². The van der Waals surface area contributed by atoms with E-state index in [2.05, 4.69) is 10.3 Å². The van der Waals surface area contributed by atoms with Gasteiger partial charge < -0.3 is 15.8 Å². The molecule has 0 unspecified atom stereocenters. The molecule has 21 heavy (non-hydrogen) atoms. The molecule has 0 aliphatic rings. The van der Waals surface area contributed by atoms with Crippen molar-refractivity contribution in [3.63, 3.8) is 0 Å². The third-order valence-corrected chi connectivity index (χ3v) is 3.31. The number of benzene rings is 2. The lowest BCUT2D eigenvalue weighted by atomic mass is 10.1. The second kappa shape index (κ2) is 5.71. The monoisotopic (exact) mass is 279 g/mol. The van der Waals surface area contributed by atoms with Crippen molar-refractivity contribution in [2.45, 2.75) is 6.92 Å². The second-order valence-corrected chi connectivity index (χ2v) is 4.68. The number of pyridine rings is 1. The maximum Gasteiger partial charge on any atom is 0.142 e. The Morgan fingerprint density at radius 3 is 2.76 bits per heavy atom. The maximum absolute atomic E-state index is 6.02. The van der Waals surface area contributed by atoms with Gasteiger partial charge in [-0.25, -0.2) is 0 Å². The Kier molecular flexibility index (Phi) is 3.60. The van der Waals surface area contributed by atoms with E-state index >= 15 is 0 Å². The minimum atomic E-state index is 0.628. The average Bonchev–Trinajstić information content (AvgIpc) is 2.52. The molecule has 0 radical (unpaired) electrons. The molecule has 3 aromatic rings. The average molecular weight is 279 g/mol. The molecule has 0 fully saturated rings. The van der Waals surface area contributed by atoms with Crippen LogP contribution in [0.25, 0.3) is 10.8 Å². The third-order valence-electron chi connectivity index (χ3n) is 3.31. The molecule has 106 valence electrons. The first-order chi connectivity index (χ1) is 10.3. The van der Waals surface area contributed by atoms with Gasteiger partial charge in [-0.15, -0.1) is 0 Å². The summed E-state index contributed by atoms with van der Waals surface area (Å²) in [4.78, 5) is 4.19. The fourth-order valence-corrected chi connectivity index (χ4v) is 2.32. The van der Waals surface area contributed by atoms with Gasteiger partial charge in [0.15, 0.2) is 0 Å². The molecule has 0 aliphatic heterocycles. The summed E-state index contributed by atoms with van der Waals surface area (Å²) in [6.07, 6.45) is 3.56. The number of hydrogen-bond acceptors (Lipinski definition) is 4. The predicted molar refractivity (Wildman–Crippen MR) is 87.0 cm³/mol. The lowest BCUT2D eigenvalue weighted by molar-refractivity contribution is 0.342. The highest BCUT2D eigenvalue weighted by Crippen LogP contribution is 2.33. The molecule has 0 aliphatic carbocycles. The summed E-state index contributed by atoms with van der Waals surface area (Å²) in [5.74, 6) is 0.828. The van der Waals surface area contributed by atoms with Crippen LogP contribution in [0.15, 0.2) is 54.9 Å². The van der Waals surface area contributed by atoms with Gasteiger partial charge in [0.1, 0.15) is 5.75 Å². The van der Waals surface area contributed by atoms with Crippen LogP contribution in [-0.2, 0) is 0 Å². The standard InChI is InChI=1S/C17H17N3O/c1-2-21-17-6-4-3-5-16(17)20-15-8-7-14(18)12-9-10-19-11-13(12)15/h3-11,20H,2,18H2,1H3. The van der Waals surface area contributed by atoms with Crippen LogP contribution in [0.3, 0.4) is 0 Å². The number of rotatable bonds is 4. The molecule has 0 amide bonds. The van der Waals surface area contributed by atoms with E-state index in [1.165, 1.54) is 0 Å². The van der Waals surface area contributed by atoms with Crippen LogP contribution in [-0.4, -0.2) is 11.6 Å². The first-order valence-corrected chi connectivity index (χ1v) is 6.90. The van der Waals surface area contributed by atoms with Crippen molar-refractivity contribution in [2.75, 3.05) is 17.7 Å². The summed E-state index contributed by atoms with van der Waals surface area (Å²) >= 11 is 0. The predicted octanol–water partition coefficient (Wildman–Crippen LogP) is 3.96. The van der Waals surface area contributed by atoms with Crippen molar-refractivity contribution in [2.24, 2.45) is 0 Å². The molecule has 4 nitrogen and oxygen atoms in total. The molecule has 2 aromatic carbocycles. The fraction of sp³-hybridized carbons (Fsp3) is 0.118. The Balaban J connectivity index is 2.05. The molecular weight excluding hydrogens is 262 g/mol. The van der Waals surface area contributed by atoms with Gasteiger partial charge in [-0.2, -0.15) is 0 Å². The van der Waals surface area contributed by atoms with Crippen molar-refractivity contribution in [1.29, 1.82) is 0 Å². The first-order valence-electron chi connectivity index (χ1n) is 6.90. The number of aromatic nitrogens is 1. The lowest BCUT2D eigenvalue weighted by Crippen LogP contribution is -1.99. The van der Waals surface area contributed by atoms with Crippen molar-refractivity contribution in [3.05, 3.63) is 54.9 Å². The number of hydrogen-bond donors (Lipinski definition) is 2. The van der Waals surface area contributed by atoms with Crippen LogP contribution in [0.1, 0.15) is 6.92 Å². The highest BCUT2D eigenvalue weighted by atomic mass is 16.5. The van der Waals surface area contributed by atoms with Gasteiger partial charge in [0.05, 0.1) is 12.3 Å². The number of ether oxygens (including phenoxy) is 1. The SMILES string of the molecule is CCOc1ccccc1Nc1ccc(N)c2ccncc12. The number of nitrogens with zero attached hydrogens (tertiary/aromatic N) is 1. The number of para-hydroxylation sites is 2. The van der Waals surface area contributed by atoms with Gasteiger partial charge in [0, 0.05) is 34.5 Å². The molecule has 0 bridgehead atoms. The molecule has 1 heterocycles. The van der Waals surface area contributed by atoms with Crippen LogP contribution in [0.2, 0.25) is 0 Å². The topological polar surface area (TPSA) is 60.2 Å².